The number of nitrogens with one attached hydrogen (secondary N) is 2. The molecule has 15 heavy (non-hydrogen) atoms. The van der Waals surface area contributed by atoms with Crippen molar-refractivity contribution in [2.45, 2.75) is 6.92 Å². The number of hydrogen-bond acceptors (Lipinski definition) is 3. The lowest BCUT2D eigenvalue weighted by Crippen LogP contribution is -2.29. The van der Waals surface area contributed by atoms with Gasteiger partial charge < -0.3 is 15.7 Å². The van der Waals surface area contributed by atoms with Gasteiger partial charge in [0.25, 0.3) is 0 Å². The van der Waals surface area contributed by atoms with E-state index in [1.54, 1.807) is 0 Å². The normalized spacial score (nSPS) is 10.0. The van der Waals surface area contributed by atoms with E-state index in [9.17, 15) is 4.79 Å². The minimum atomic E-state index is -0.103. The number of amides is 1. The Kier molecular flexibility index (Phi) is 4.80. The molecule has 0 fully saturated rings. The van der Waals surface area contributed by atoms with Crippen LogP contribution in [0.15, 0.2) is 24.3 Å². The van der Waals surface area contributed by atoms with Crippen LogP contribution in [0.5, 0.6) is 0 Å². The highest BCUT2D eigenvalue weighted by Gasteiger charge is 2.00. The molecule has 0 saturated carbocycles. The van der Waals surface area contributed by atoms with Crippen molar-refractivity contribution in [3.8, 4) is 0 Å². The number of aliphatic hydroxyl groups excluding tert-OH is 1. The van der Waals surface area contributed by atoms with Crippen molar-refractivity contribution in [2.75, 3.05) is 25.0 Å². The number of aliphatic hydroxyl groups is 1. The van der Waals surface area contributed by atoms with Gasteiger partial charge in [0, 0.05) is 12.2 Å². The van der Waals surface area contributed by atoms with Crippen LogP contribution in [0.1, 0.15) is 5.56 Å². The Morgan fingerprint density at radius 2 is 2.27 bits per heavy atom. The average Bonchev–Trinajstić information content (AvgIpc) is 2.18. The molecule has 1 aromatic carbocycles. The maximum atomic E-state index is 11.3. The van der Waals surface area contributed by atoms with E-state index in [0.29, 0.717) is 6.54 Å². The van der Waals surface area contributed by atoms with E-state index < -0.39 is 0 Å². The predicted molar refractivity (Wildman–Crippen MR) is 59.8 cm³/mol. The summed E-state index contributed by atoms with van der Waals surface area (Å²) in [5, 5.41) is 14.1. The minimum Gasteiger partial charge on any atom is -0.395 e. The molecule has 1 amide bonds. The summed E-state index contributed by atoms with van der Waals surface area (Å²) < 4.78 is 0. The summed E-state index contributed by atoms with van der Waals surface area (Å²) in [7, 11) is 0. The molecular formula is C11H16N2O2. The van der Waals surface area contributed by atoms with Crippen LogP contribution in [0.3, 0.4) is 0 Å². The molecule has 0 atom stereocenters. The summed E-state index contributed by atoms with van der Waals surface area (Å²) in [6, 6.07) is 7.62. The second-order valence-electron chi connectivity index (χ2n) is 3.32. The Bertz CT molecular complexity index is 326. The Morgan fingerprint density at radius 1 is 1.47 bits per heavy atom. The van der Waals surface area contributed by atoms with Crippen molar-refractivity contribution in [1.82, 2.24) is 5.32 Å². The van der Waals surface area contributed by atoms with Gasteiger partial charge in [-0.1, -0.05) is 12.1 Å². The highest BCUT2D eigenvalue weighted by molar-refractivity contribution is 5.92. The Hall–Kier alpha value is -1.39. The largest absolute Gasteiger partial charge is 0.395 e. The Balaban J connectivity index is 2.37. The lowest BCUT2D eigenvalue weighted by Gasteiger charge is -2.06. The first-order valence-electron chi connectivity index (χ1n) is 4.90. The molecule has 3 N–H and O–H groups in total. The number of carbonyl (C=O) groups is 1. The average molecular weight is 208 g/mol. The van der Waals surface area contributed by atoms with Crippen molar-refractivity contribution in [1.29, 1.82) is 0 Å². The molecule has 0 spiro atoms. The van der Waals surface area contributed by atoms with Crippen LogP contribution in [0.4, 0.5) is 5.69 Å². The highest BCUT2D eigenvalue weighted by Crippen LogP contribution is 2.08. The lowest BCUT2D eigenvalue weighted by atomic mass is 10.2. The molecule has 0 aliphatic carbocycles. The molecule has 1 rings (SSSR count). The molecule has 4 heteroatoms. The molecule has 0 heterocycles. The van der Waals surface area contributed by atoms with Crippen LogP contribution in [0.2, 0.25) is 0 Å². The topological polar surface area (TPSA) is 61.4 Å². The molecule has 82 valence electrons. The van der Waals surface area contributed by atoms with E-state index in [-0.39, 0.29) is 19.1 Å². The van der Waals surface area contributed by atoms with Gasteiger partial charge in [0.1, 0.15) is 0 Å². The SMILES string of the molecule is Cc1cccc(NC(=O)CNCCO)c1. The molecule has 0 saturated heterocycles. The summed E-state index contributed by atoms with van der Waals surface area (Å²) in [4.78, 5) is 11.3. The zero-order valence-electron chi connectivity index (χ0n) is 8.79. The summed E-state index contributed by atoms with van der Waals surface area (Å²) >= 11 is 0. The van der Waals surface area contributed by atoms with E-state index in [4.69, 9.17) is 5.11 Å². The van der Waals surface area contributed by atoms with Crippen molar-refractivity contribution in [3.05, 3.63) is 29.8 Å². The van der Waals surface area contributed by atoms with E-state index >= 15 is 0 Å². The summed E-state index contributed by atoms with van der Waals surface area (Å²) in [5.41, 5.74) is 1.90. The van der Waals surface area contributed by atoms with Crippen molar-refractivity contribution in [2.24, 2.45) is 0 Å². The molecule has 0 aliphatic heterocycles. The van der Waals surface area contributed by atoms with Gasteiger partial charge in [0.15, 0.2) is 0 Å². The Labute approximate surface area is 89.3 Å². The Morgan fingerprint density at radius 3 is 2.93 bits per heavy atom. The van der Waals surface area contributed by atoms with Gasteiger partial charge in [-0.3, -0.25) is 4.79 Å². The minimum absolute atomic E-state index is 0.0394. The monoisotopic (exact) mass is 208 g/mol. The number of anilines is 1. The zero-order valence-corrected chi connectivity index (χ0v) is 8.79. The smallest absolute Gasteiger partial charge is 0.238 e. The molecule has 0 radical (unpaired) electrons. The first-order valence-corrected chi connectivity index (χ1v) is 4.90. The zero-order chi connectivity index (χ0) is 11.1. The highest BCUT2D eigenvalue weighted by atomic mass is 16.3. The third-order valence-corrected chi connectivity index (χ3v) is 1.88. The summed E-state index contributed by atoms with van der Waals surface area (Å²) in [5.74, 6) is -0.103. The molecular weight excluding hydrogens is 192 g/mol. The number of hydrogen-bond donors (Lipinski definition) is 3. The predicted octanol–water partition coefficient (Wildman–Crippen LogP) is 0.515. The van der Waals surface area contributed by atoms with Crippen molar-refractivity contribution >= 4 is 11.6 Å². The van der Waals surface area contributed by atoms with Crippen LogP contribution in [-0.2, 0) is 4.79 Å². The van der Waals surface area contributed by atoms with Crippen LogP contribution in [0.25, 0.3) is 0 Å². The van der Waals surface area contributed by atoms with Gasteiger partial charge >= 0.3 is 0 Å². The molecule has 1 aromatic rings. The van der Waals surface area contributed by atoms with E-state index in [0.717, 1.165) is 11.3 Å². The van der Waals surface area contributed by atoms with Gasteiger partial charge in [-0.2, -0.15) is 0 Å². The first-order chi connectivity index (χ1) is 7.22. The number of benzene rings is 1. The van der Waals surface area contributed by atoms with Gasteiger partial charge in [0.05, 0.1) is 13.2 Å². The van der Waals surface area contributed by atoms with Crippen molar-refractivity contribution in [3.63, 3.8) is 0 Å². The van der Waals surface area contributed by atoms with E-state index in [1.807, 2.05) is 31.2 Å². The van der Waals surface area contributed by atoms with E-state index in [2.05, 4.69) is 10.6 Å². The number of rotatable bonds is 5. The molecule has 0 aromatic heterocycles. The van der Waals surface area contributed by atoms with E-state index in [1.165, 1.54) is 0 Å². The van der Waals surface area contributed by atoms with Gasteiger partial charge in [0.2, 0.25) is 5.91 Å². The third-order valence-electron chi connectivity index (χ3n) is 1.88. The quantitative estimate of drug-likeness (QED) is 0.618. The van der Waals surface area contributed by atoms with Crippen molar-refractivity contribution < 1.29 is 9.90 Å². The van der Waals surface area contributed by atoms with Crippen LogP contribution >= 0.6 is 0 Å². The van der Waals surface area contributed by atoms with Crippen LogP contribution in [-0.4, -0.2) is 30.7 Å². The maximum Gasteiger partial charge on any atom is 0.238 e. The van der Waals surface area contributed by atoms with Gasteiger partial charge in [-0.25, -0.2) is 0 Å². The number of aryl methyl sites for hydroxylation is 1. The van der Waals surface area contributed by atoms with Gasteiger partial charge in [-0.05, 0) is 24.6 Å². The fourth-order valence-corrected chi connectivity index (χ4v) is 1.21. The molecule has 0 aliphatic rings. The summed E-state index contributed by atoms with van der Waals surface area (Å²) in [6.07, 6.45) is 0. The maximum absolute atomic E-state index is 11.3. The fraction of sp³-hybridized carbons (Fsp3) is 0.364. The number of carbonyl (C=O) groups excluding carboxylic acids is 1. The second-order valence-corrected chi connectivity index (χ2v) is 3.32. The summed E-state index contributed by atoms with van der Waals surface area (Å²) in [6.45, 7) is 2.66. The van der Waals surface area contributed by atoms with Gasteiger partial charge in [-0.15, -0.1) is 0 Å². The fourth-order valence-electron chi connectivity index (χ4n) is 1.21. The molecule has 0 bridgehead atoms. The lowest BCUT2D eigenvalue weighted by molar-refractivity contribution is -0.115. The second kappa shape index (κ2) is 6.16. The van der Waals surface area contributed by atoms with Crippen LogP contribution in [0, 0.1) is 6.92 Å². The molecule has 0 unspecified atom stereocenters. The van der Waals surface area contributed by atoms with Crippen LogP contribution < -0.4 is 10.6 Å². The molecule has 4 nitrogen and oxygen atoms in total. The standard InChI is InChI=1S/C11H16N2O2/c1-9-3-2-4-10(7-9)13-11(15)8-12-5-6-14/h2-4,7,12,14H,5-6,8H2,1H3,(H,13,15). The first kappa shape index (κ1) is 11.7. The third kappa shape index (κ3) is 4.58.